The maximum atomic E-state index is 13.0. The summed E-state index contributed by atoms with van der Waals surface area (Å²) in [5.74, 6) is -0.283. The van der Waals surface area contributed by atoms with Crippen LogP contribution in [0.1, 0.15) is 21.5 Å². The molecule has 0 fully saturated rings. The number of benzene rings is 3. The van der Waals surface area contributed by atoms with Crippen LogP contribution in [0.3, 0.4) is 0 Å². The Morgan fingerprint density at radius 1 is 1.00 bits per heavy atom. The zero-order chi connectivity index (χ0) is 23.4. The number of para-hydroxylation sites is 1. The van der Waals surface area contributed by atoms with E-state index in [2.05, 4.69) is 9.82 Å². The van der Waals surface area contributed by atoms with E-state index in [0.29, 0.717) is 17.8 Å². The van der Waals surface area contributed by atoms with Gasteiger partial charge in [0.25, 0.3) is 15.9 Å². The van der Waals surface area contributed by atoms with Crippen LogP contribution >= 0.6 is 0 Å². The molecule has 168 valence electrons. The second kappa shape index (κ2) is 9.30. The zero-order valence-corrected chi connectivity index (χ0v) is 19.2. The Hall–Kier alpha value is -3.91. The van der Waals surface area contributed by atoms with E-state index in [1.54, 1.807) is 42.2 Å². The Balaban J connectivity index is 1.48. The predicted molar refractivity (Wildman–Crippen MR) is 128 cm³/mol. The average Bonchev–Trinajstić information content (AvgIpc) is 3.29. The molecular formula is C25H24N4O3S. The van der Waals surface area contributed by atoms with Gasteiger partial charge in [-0.25, -0.2) is 13.1 Å². The Kier molecular flexibility index (Phi) is 6.28. The lowest BCUT2D eigenvalue weighted by Crippen LogP contribution is -2.26. The second-order valence-electron chi connectivity index (χ2n) is 7.79. The molecule has 1 amide bonds. The number of aryl methyl sites for hydroxylation is 1. The minimum atomic E-state index is -3.83. The van der Waals surface area contributed by atoms with Crippen LogP contribution in [0.2, 0.25) is 0 Å². The fourth-order valence-electron chi connectivity index (χ4n) is 3.36. The third kappa shape index (κ3) is 5.30. The molecule has 1 heterocycles. The van der Waals surface area contributed by atoms with E-state index in [4.69, 9.17) is 0 Å². The van der Waals surface area contributed by atoms with Gasteiger partial charge in [0.05, 0.1) is 16.8 Å². The quantitative estimate of drug-likeness (QED) is 0.447. The monoisotopic (exact) mass is 460 g/mol. The van der Waals surface area contributed by atoms with Gasteiger partial charge in [-0.1, -0.05) is 42.0 Å². The zero-order valence-electron chi connectivity index (χ0n) is 18.3. The van der Waals surface area contributed by atoms with Crippen LogP contribution < -0.4 is 4.72 Å². The Morgan fingerprint density at radius 3 is 2.45 bits per heavy atom. The highest BCUT2D eigenvalue weighted by molar-refractivity contribution is 7.92. The second-order valence-corrected chi connectivity index (χ2v) is 9.47. The molecule has 0 aliphatic carbocycles. The lowest BCUT2D eigenvalue weighted by molar-refractivity contribution is 0.0785. The molecular weight excluding hydrogens is 436 g/mol. The number of carbonyl (C=O) groups excluding carboxylic acids is 1. The lowest BCUT2D eigenvalue weighted by Gasteiger charge is -2.17. The molecule has 0 saturated heterocycles. The summed E-state index contributed by atoms with van der Waals surface area (Å²) < 4.78 is 29.9. The van der Waals surface area contributed by atoms with Gasteiger partial charge in [-0.2, -0.15) is 5.10 Å². The van der Waals surface area contributed by atoms with Gasteiger partial charge < -0.3 is 4.90 Å². The Bertz CT molecular complexity index is 1360. The van der Waals surface area contributed by atoms with Crippen molar-refractivity contribution in [2.45, 2.75) is 18.4 Å². The van der Waals surface area contributed by atoms with E-state index in [9.17, 15) is 13.2 Å². The van der Waals surface area contributed by atoms with Crippen molar-refractivity contribution in [2.75, 3.05) is 11.8 Å². The molecule has 0 saturated carbocycles. The predicted octanol–water partition coefficient (Wildman–Crippen LogP) is 4.25. The maximum absolute atomic E-state index is 13.0. The molecule has 0 aliphatic rings. The van der Waals surface area contributed by atoms with Gasteiger partial charge in [0.15, 0.2) is 0 Å². The molecule has 0 spiro atoms. The van der Waals surface area contributed by atoms with Crippen molar-refractivity contribution in [2.24, 2.45) is 0 Å². The number of carbonyl (C=O) groups is 1. The van der Waals surface area contributed by atoms with Gasteiger partial charge in [0.1, 0.15) is 0 Å². The normalized spacial score (nSPS) is 11.2. The molecule has 8 heteroatoms. The third-order valence-electron chi connectivity index (χ3n) is 5.12. The first-order chi connectivity index (χ1) is 15.8. The molecule has 0 radical (unpaired) electrons. The van der Waals surface area contributed by atoms with Gasteiger partial charge in [0, 0.05) is 36.6 Å². The van der Waals surface area contributed by atoms with E-state index < -0.39 is 10.0 Å². The molecule has 0 unspecified atom stereocenters. The van der Waals surface area contributed by atoms with E-state index in [1.165, 1.54) is 17.0 Å². The molecule has 4 rings (SSSR count). The van der Waals surface area contributed by atoms with Crippen molar-refractivity contribution >= 4 is 21.6 Å². The summed E-state index contributed by atoms with van der Waals surface area (Å²) >= 11 is 0. The van der Waals surface area contributed by atoms with Crippen molar-refractivity contribution in [3.05, 3.63) is 108 Å². The first kappa shape index (κ1) is 22.3. The lowest BCUT2D eigenvalue weighted by atomic mass is 10.2. The number of anilines is 1. The number of sulfonamides is 1. The van der Waals surface area contributed by atoms with E-state index in [0.717, 1.165) is 16.8 Å². The maximum Gasteiger partial charge on any atom is 0.261 e. The smallest absolute Gasteiger partial charge is 0.261 e. The molecule has 3 aromatic carbocycles. The van der Waals surface area contributed by atoms with Crippen LogP contribution in [0.5, 0.6) is 0 Å². The van der Waals surface area contributed by atoms with Gasteiger partial charge >= 0.3 is 0 Å². The van der Waals surface area contributed by atoms with Crippen molar-refractivity contribution in [1.82, 2.24) is 14.7 Å². The average molecular weight is 461 g/mol. The number of nitrogens with zero attached hydrogens (tertiary/aromatic N) is 3. The summed E-state index contributed by atoms with van der Waals surface area (Å²) in [6.07, 6.45) is 3.58. The summed E-state index contributed by atoms with van der Waals surface area (Å²) in [6, 6.07) is 22.8. The number of hydrogen-bond donors (Lipinski definition) is 1. The number of amides is 1. The summed E-state index contributed by atoms with van der Waals surface area (Å²) in [5.41, 5.74) is 3.57. The highest BCUT2D eigenvalue weighted by atomic mass is 32.2. The van der Waals surface area contributed by atoms with Crippen molar-refractivity contribution in [3.63, 3.8) is 0 Å². The number of hydrogen-bond acceptors (Lipinski definition) is 4. The minimum Gasteiger partial charge on any atom is -0.337 e. The summed E-state index contributed by atoms with van der Waals surface area (Å²) in [7, 11) is -2.15. The molecule has 0 bridgehead atoms. The highest BCUT2D eigenvalue weighted by Crippen LogP contribution is 2.19. The number of nitrogens with one attached hydrogen (secondary N) is 1. The van der Waals surface area contributed by atoms with Gasteiger partial charge in [-0.3, -0.25) is 9.52 Å². The summed E-state index contributed by atoms with van der Waals surface area (Å²) in [5, 5.41) is 4.35. The van der Waals surface area contributed by atoms with Crippen LogP contribution in [-0.4, -0.2) is 36.1 Å². The van der Waals surface area contributed by atoms with Crippen molar-refractivity contribution in [1.29, 1.82) is 0 Å². The molecule has 1 N–H and O–H groups in total. The van der Waals surface area contributed by atoms with Gasteiger partial charge in [-0.15, -0.1) is 0 Å². The largest absolute Gasteiger partial charge is 0.337 e. The molecule has 0 atom stereocenters. The first-order valence-electron chi connectivity index (χ1n) is 10.4. The van der Waals surface area contributed by atoms with Crippen LogP contribution in [-0.2, 0) is 16.6 Å². The van der Waals surface area contributed by atoms with Gasteiger partial charge in [-0.05, 0) is 49.4 Å². The standard InChI is InChI=1S/C25H24N4O3S/c1-19-11-13-22(14-12-19)27-33(31,32)24-10-6-7-21(15-24)25(30)28(2)17-20-16-26-29(18-20)23-8-4-3-5-9-23/h3-16,18,27H,17H2,1-2H3. The Labute approximate surface area is 193 Å². The number of rotatable bonds is 7. The van der Waals surface area contributed by atoms with E-state index >= 15 is 0 Å². The van der Waals surface area contributed by atoms with E-state index in [-0.39, 0.29) is 10.8 Å². The van der Waals surface area contributed by atoms with E-state index in [1.807, 2.05) is 55.6 Å². The van der Waals surface area contributed by atoms with Crippen LogP contribution in [0.25, 0.3) is 5.69 Å². The fourth-order valence-corrected chi connectivity index (χ4v) is 4.47. The molecule has 7 nitrogen and oxygen atoms in total. The Morgan fingerprint density at radius 2 is 1.73 bits per heavy atom. The van der Waals surface area contributed by atoms with Crippen LogP contribution in [0.15, 0.2) is 96.2 Å². The highest BCUT2D eigenvalue weighted by Gasteiger charge is 2.19. The first-order valence-corrected chi connectivity index (χ1v) is 11.8. The molecule has 1 aromatic heterocycles. The molecule has 33 heavy (non-hydrogen) atoms. The minimum absolute atomic E-state index is 0.0271. The third-order valence-corrected chi connectivity index (χ3v) is 6.50. The van der Waals surface area contributed by atoms with Crippen LogP contribution in [0, 0.1) is 6.92 Å². The van der Waals surface area contributed by atoms with Crippen molar-refractivity contribution in [3.8, 4) is 5.69 Å². The summed E-state index contributed by atoms with van der Waals surface area (Å²) in [6.45, 7) is 2.26. The topological polar surface area (TPSA) is 84.3 Å². The summed E-state index contributed by atoms with van der Waals surface area (Å²) in [4.78, 5) is 14.5. The molecule has 0 aliphatic heterocycles. The number of aromatic nitrogens is 2. The van der Waals surface area contributed by atoms with Crippen LogP contribution in [0.4, 0.5) is 5.69 Å². The fraction of sp³-hybridized carbons (Fsp3) is 0.120. The van der Waals surface area contributed by atoms with Gasteiger partial charge in [0.2, 0.25) is 0 Å². The SMILES string of the molecule is Cc1ccc(NS(=O)(=O)c2cccc(C(=O)N(C)Cc3cnn(-c4ccccc4)c3)c2)cc1. The molecule has 4 aromatic rings. The van der Waals surface area contributed by atoms with Crippen molar-refractivity contribution < 1.29 is 13.2 Å².